The van der Waals surface area contributed by atoms with E-state index in [4.69, 9.17) is 9.15 Å². The number of oxazole rings is 1. The fourth-order valence-corrected chi connectivity index (χ4v) is 2.43. The van der Waals surface area contributed by atoms with E-state index in [1.165, 1.54) is 0 Å². The Balaban J connectivity index is 1.51. The summed E-state index contributed by atoms with van der Waals surface area (Å²) in [5.74, 6) is 1.85. The van der Waals surface area contributed by atoms with E-state index in [0.717, 1.165) is 28.1 Å². The minimum Gasteiger partial charge on any atom is -0.494 e. The molecule has 0 saturated carbocycles. The number of nitrogens with zero attached hydrogens (tertiary/aromatic N) is 3. The van der Waals surface area contributed by atoms with Crippen LogP contribution in [0.4, 0.5) is 11.6 Å². The van der Waals surface area contributed by atoms with Gasteiger partial charge >= 0.3 is 0 Å². The first-order valence-electron chi connectivity index (χ1n) is 8.00. The molecule has 0 unspecified atom stereocenters. The molecule has 2 heterocycles. The summed E-state index contributed by atoms with van der Waals surface area (Å²) in [6.45, 7) is 2.60. The average Bonchev–Trinajstić information content (AvgIpc) is 3.08. The van der Waals surface area contributed by atoms with Gasteiger partial charge in [0.25, 0.3) is 0 Å². The molecule has 1 N–H and O–H groups in total. The smallest absolute Gasteiger partial charge is 0.230 e. The molecule has 2 aromatic heterocycles. The van der Waals surface area contributed by atoms with Crippen molar-refractivity contribution in [3.63, 3.8) is 0 Å². The van der Waals surface area contributed by atoms with Gasteiger partial charge in [-0.1, -0.05) is 12.1 Å². The predicted molar refractivity (Wildman–Crippen MR) is 95.9 cm³/mol. The van der Waals surface area contributed by atoms with Crippen LogP contribution in [0.2, 0.25) is 0 Å². The second kappa shape index (κ2) is 6.60. The highest BCUT2D eigenvalue weighted by Crippen LogP contribution is 2.24. The van der Waals surface area contributed by atoms with Crippen LogP contribution in [0.1, 0.15) is 6.92 Å². The topological polar surface area (TPSA) is 73.1 Å². The fraction of sp³-hybridized carbons (Fsp3) is 0.105. The molecule has 0 aliphatic rings. The number of rotatable bonds is 5. The van der Waals surface area contributed by atoms with E-state index in [1.807, 2.05) is 55.5 Å². The van der Waals surface area contributed by atoms with Gasteiger partial charge in [0, 0.05) is 18.1 Å². The molecule has 124 valence electrons. The maximum absolute atomic E-state index is 5.72. The van der Waals surface area contributed by atoms with Crippen molar-refractivity contribution in [2.24, 2.45) is 0 Å². The Kier molecular flexibility index (Phi) is 4.00. The van der Waals surface area contributed by atoms with Gasteiger partial charge in [-0.15, -0.1) is 0 Å². The molecule has 6 nitrogen and oxygen atoms in total. The van der Waals surface area contributed by atoms with Crippen molar-refractivity contribution in [3.05, 3.63) is 60.9 Å². The maximum atomic E-state index is 5.72. The Bertz CT molecular complexity index is 945. The molecule has 0 fully saturated rings. The molecule has 4 aromatic rings. The van der Waals surface area contributed by atoms with E-state index >= 15 is 0 Å². The monoisotopic (exact) mass is 332 g/mol. The summed E-state index contributed by atoms with van der Waals surface area (Å²) in [5, 5.41) is 3.15. The van der Waals surface area contributed by atoms with Crippen molar-refractivity contribution < 1.29 is 9.15 Å². The summed E-state index contributed by atoms with van der Waals surface area (Å²) in [6.07, 6.45) is 3.38. The molecule has 0 aliphatic carbocycles. The number of ether oxygens (including phenoxy) is 1. The minimum absolute atomic E-state index is 0.504. The number of hydrogen-bond donors (Lipinski definition) is 1. The van der Waals surface area contributed by atoms with E-state index in [1.54, 1.807) is 12.4 Å². The summed E-state index contributed by atoms with van der Waals surface area (Å²) in [5.41, 5.74) is 3.18. The van der Waals surface area contributed by atoms with Crippen LogP contribution in [-0.4, -0.2) is 21.6 Å². The normalized spacial score (nSPS) is 10.8. The van der Waals surface area contributed by atoms with Gasteiger partial charge in [-0.25, -0.2) is 15.0 Å². The van der Waals surface area contributed by atoms with Crippen LogP contribution in [-0.2, 0) is 0 Å². The number of hydrogen-bond acceptors (Lipinski definition) is 6. The maximum Gasteiger partial charge on any atom is 0.230 e. The lowest BCUT2D eigenvalue weighted by molar-refractivity contribution is 0.340. The van der Waals surface area contributed by atoms with Gasteiger partial charge in [0.1, 0.15) is 11.3 Å². The van der Waals surface area contributed by atoms with Gasteiger partial charge < -0.3 is 14.5 Å². The Morgan fingerprint density at radius 1 is 1.00 bits per heavy atom. The van der Waals surface area contributed by atoms with Crippen LogP contribution < -0.4 is 10.1 Å². The van der Waals surface area contributed by atoms with Crippen LogP contribution >= 0.6 is 0 Å². The fourth-order valence-electron chi connectivity index (χ4n) is 2.43. The van der Waals surface area contributed by atoms with Crippen molar-refractivity contribution in [1.29, 1.82) is 0 Å². The lowest BCUT2D eigenvalue weighted by Crippen LogP contribution is -1.97. The molecule has 0 bridgehead atoms. The van der Waals surface area contributed by atoms with Gasteiger partial charge in [0.15, 0.2) is 5.58 Å². The molecular weight excluding hydrogens is 316 g/mol. The second-order valence-electron chi connectivity index (χ2n) is 5.36. The third kappa shape index (κ3) is 3.28. The Morgan fingerprint density at radius 3 is 2.48 bits per heavy atom. The summed E-state index contributed by atoms with van der Waals surface area (Å²) < 4.78 is 11.1. The largest absolute Gasteiger partial charge is 0.494 e. The molecule has 0 spiro atoms. The molecule has 0 aliphatic heterocycles. The van der Waals surface area contributed by atoms with Crippen LogP contribution in [0.5, 0.6) is 5.75 Å². The highest BCUT2D eigenvalue weighted by Gasteiger charge is 2.09. The molecule has 0 saturated heterocycles. The van der Waals surface area contributed by atoms with Crippen LogP contribution in [0.3, 0.4) is 0 Å². The van der Waals surface area contributed by atoms with Crippen molar-refractivity contribution in [3.8, 4) is 17.2 Å². The molecule has 4 rings (SSSR count). The number of nitrogens with one attached hydrogen (secondary N) is 1. The van der Waals surface area contributed by atoms with Gasteiger partial charge in [-0.2, -0.15) is 0 Å². The standard InChI is InChI=1S/C19H16N4O2/c1-2-24-15-9-7-14(8-10-15)22-19-20-11-13(12-21-19)18-23-16-5-3-4-6-17(16)25-18/h3-12H,2H2,1H3,(H,20,21,22). The lowest BCUT2D eigenvalue weighted by atomic mass is 10.3. The summed E-state index contributed by atoms with van der Waals surface area (Å²) in [4.78, 5) is 13.1. The Hall–Kier alpha value is -3.41. The van der Waals surface area contributed by atoms with Crippen LogP contribution in [0, 0.1) is 0 Å². The molecule has 0 amide bonds. The minimum atomic E-state index is 0.504. The zero-order valence-corrected chi connectivity index (χ0v) is 13.6. The third-order valence-corrected chi connectivity index (χ3v) is 3.61. The van der Waals surface area contributed by atoms with Crippen molar-refractivity contribution in [2.45, 2.75) is 6.92 Å². The van der Waals surface area contributed by atoms with Crippen molar-refractivity contribution >= 4 is 22.7 Å². The quantitative estimate of drug-likeness (QED) is 0.583. The number of benzene rings is 2. The summed E-state index contributed by atoms with van der Waals surface area (Å²) in [6, 6.07) is 15.3. The average molecular weight is 332 g/mol. The summed E-state index contributed by atoms with van der Waals surface area (Å²) >= 11 is 0. The van der Waals surface area contributed by atoms with Crippen molar-refractivity contribution in [1.82, 2.24) is 15.0 Å². The van der Waals surface area contributed by atoms with Crippen LogP contribution in [0.25, 0.3) is 22.6 Å². The number of fused-ring (bicyclic) bond motifs is 1. The summed E-state index contributed by atoms with van der Waals surface area (Å²) in [7, 11) is 0. The van der Waals surface area contributed by atoms with Crippen LogP contribution in [0.15, 0.2) is 65.3 Å². The van der Waals surface area contributed by atoms with E-state index in [0.29, 0.717) is 18.4 Å². The van der Waals surface area contributed by atoms with E-state index < -0.39 is 0 Å². The SMILES string of the molecule is CCOc1ccc(Nc2ncc(-c3nc4ccccc4o3)cn2)cc1. The number of aromatic nitrogens is 3. The van der Waals surface area contributed by atoms with Gasteiger partial charge in [-0.3, -0.25) is 0 Å². The zero-order chi connectivity index (χ0) is 17.1. The third-order valence-electron chi connectivity index (χ3n) is 3.61. The molecular formula is C19H16N4O2. The van der Waals surface area contributed by atoms with Gasteiger partial charge in [-0.05, 0) is 43.3 Å². The predicted octanol–water partition coefficient (Wildman–Crippen LogP) is 4.43. The molecule has 0 radical (unpaired) electrons. The first kappa shape index (κ1) is 15.1. The highest BCUT2D eigenvalue weighted by atomic mass is 16.5. The number of para-hydroxylation sites is 2. The zero-order valence-electron chi connectivity index (χ0n) is 13.6. The Morgan fingerprint density at radius 2 is 1.76 bits per heavy atom. The Labute approximate surface area is 144 Å². The molecule has 0 atom stereocenters. The van der Waals surface area contributed by atoms with E-state index in [2.05, 4.69) is 20.3 Å². The van der Waals surface area contributed by atoms with Gasteiger partial charge in [0.05, 0.1) is 12.2 Å². The van der Waals surface area contributed by atoms with E-state index in [9.17, 15) is 0 Å². The first-order valence-corrected chi connectivity index (χ1v) is 8.00. The first-order chi connectivity index (χ1) is 12.3. The van der Waals surface area contributed by atoms with Crippen molar-refractivity contribution in [2.75, 3.05) is 11.9 Å². The molecule has 2 aromatic carbocycles. The lowest BCUT2D eigenvalue weighted by Gasteiger charge is -2.06. The second-order valence-corrected chi connectivity index (χ2v) is 5.36. The van der Waals surface area contributed by atoms with Gasteiger partial charge in [0.2, 0.25) is 11.8 Å². The molecule has 6 heteroatoms. The van der Waals surface area contributed by atoms with E-state index in [-0.39, 0.29) is 0 Å². The highest BCUT2D eigenvalue weighted by molar-refractivity contribution is 5.75. The molecule has 25 heavy (non-hydrogen) atoms. The number of anilines is 2.